The van der Waals surface area contributed by atoms with E-state index in [1.165, 1.54) is 43.4 Å². The minimum absolute atomic E-state index is 0.0610. The molecule has 10 nitrogen and oxygen atoms in total. The predicted molar refractivity (Wildman–Crippen MR) is 163 cm³/mol. The Kier molecular flexibility index (Phi) is 9.31. The fourth-order valence-corrected chi connectivity index (χ4v) is 7.76. The van der Waals surface area contributed by atoms with Crippen LogP contribution >= 0.6 is 0 Å². The van der Waals surface area contributed by atoms with Gasteiger partial charge in [-0.25, -0.2) is 17.8 Å². The van der Waals surface area contributed by atoms with Gasteiger partial charge >= 0.3 is 6.18 Å². The summed E-state index contributed by atoms with van der Waals surface area (Å²) < 4.78 is 95.1. The molecule has 0 bridgehead atoms. The van der Waals surface area contributed by atoms with Crippen molar-refractivity contribution in [3.8, 4) is 23.2 Å². The number of pyridine rings is 1. The highest BCUT2D eigenvalue weighted by atomic mass is 32.2. The number of alkyl halides is 3. The summed E-state index contributed by atoms with van der Waals surface area (Å²) in [6.07, 6.45) is -4.98. The zero-order valence-electron chi connectivity index (χ0n) is 25.9. The van der Waals surface area contributed by atoms with Crippen molar-refractivity contribution in [1.82, 2.24) is 19.2 Å². The molecule has 0 saturated heterocycles. The van der Waals surface area contributed by atoms with E-state index in [2.05, 4.69) is 4.98 Å². The molecule has 0 aliphatic carbocycles. The zero-order valence-corrected chi connectivity index (χ0v) is 26.7. The smallest absolute Gasteiger partial charge is 0.417 e. The first-order valence-corrected chi connectivity index (χ1v) is 16.1. The number of aryl methyl sites for hydroxylation is 1. The van der Waals surface area contributed by atoms with Crippen LogP contribution in [0.2, 0.25) is 0 Å². The van der Waals surface area contributed by atoms with Gasteiger partial charge < -0.3 is 19.3 Å². The molecule has 4 aromatic rings. The van der Waals surface area contributed by atoms with Crippen molar-refractivity contribution in [3.63, 3.8) is 0 Å². The molecule has 2 aromatic heterocycles. The van der Waals surface area contributed by atoms with Crippen molar-refractivity contribution >= 4 is 21.4 Å². The number of likely N-dealkylation sites (N-methyl/N-ethyl adjacent to an activating group) is 1. The molecule has 2 aromatic carbocycles. The third kappa shape index (κ3) is 6.28. The molecule has 5 rings (SSSR count). The maximum atomic E-state index is 14.7. The van der Waals surface area contributed by atoms with Gasteiger partial charge in [0.1, 0.15) is 17.5 Å². The fourth-order valence-electron chi connectivity index (χ4n) is 5.78. The molecular formula is C32H31F4N5O5S. The Labute approximate surface area is 268 Å². The van der Waals surface area contributed by atoms with Crippen LogP contribution in [0.25, 0.3) is 16.9 Å². The number of amides is 1. The van der Waals surface area contributed by atoms with E-state index in [-0.39, 0.29) is 30.0 Å². The van der Waals surface area contributed by atoms with Gasteiger partial charge in [-0.3, -0.25) is 9.20 Å². The van der Waals surface area contributed by atoms with Crippen molar-refractivity contribution in [2.24, 2.45) is 0 Å². The molecule has 0 N–H and O–H groups in total. The number of sulfone groups is 1. The molecule has 0 fully saturated rings. The molecule has 0 spiro atoms. The first kappa shape index (κ1) is 33.8. The van der Waals surface area contributed by atoms with Crippen LogP contribution in [0.1, 0.15) is 38.8 Å². The van der Waals surface area contributed by atoms with Crippen molar-refractivity contribution in [3.05, 3.63) is 82.3 Å². The number of hydrogen-bond donors (Lipinski definition) is 0. The van der Waals surface area contributed by atoms with Gasteiger partial charge in [0.15, 0.2) is 21.4 Å². The minimum Gasteiger partial charge on any atom is -0.482 e. The first-order valence-electron chi connectivity index (χ1n) is 14.4. The van der Waals surface area contributed by atoms with Gasteiger partial charge in [0.2, 0.25) is 0 Å². The van der Waals surface area contributed by atoms with Crippen LogP contribution in [0.15, 0.2) is 53.4 Å². The molecule has 3 heterocycles. The quantitative estimate of drug-likeness (QED) is 0.219. The number of nitriles is 1. The second-order valence-corrected chi connectivity index (χ2v) is 13.1. The van der Waals surface area contributed by atoms with Crippen molar-refractivity contribution in [2.45, 2.75) is 24.0 Å². The van der Waals surface area contributed by atoms with Crippen molar-refractivity contribution < 1.29 is 40.2 Å². The number of nitrogens with zero attached hydrogens (tertiary/aromatic N) is 5. The van der Waals surface area contributed by atoms with Gasteiger partial charge in [-0.15, -0.1) is 0 Å². The number of carbonyl (C=O) groups excluding carboxylic acids is 1. The Morgan fingerprint density at radius 1 is 1.13 bits per heavy atom. The van der Waals surface area contributed by atoms with Crippen LogP contribution in [-0.4, -0.2) is 86.8 Å². The molecule has 1 aliphatic heterocycles. The van der Waals surface area contributed by atoms with Gasteiger partial charge in [-0.1, -0.05) is 12.1 Å². The molecule has 1 atom stereocenters. The lowest BCUT2D eigenvalue weighted by Crippen LogP contribution is -2.41. The number of rotatable bonds is 10. The monoisotopic (exact) mass is 673 g/mol. The van der Waals surface area contributed by atoms with E-state index in [0.29, 0.717) is 41.9 Å². The molecule has 248 valence electrons. The second-order valence-electron chi connectivity index (χ2n) is 11.1. The van der Waals surface area contributed by atoms with Gasteiger partial charge in [0.25, 0.3) is 5.91 Å². The molecular weight excluding hydrogens is 642 g/mol. The normalized spacial score (nSPS) is 15.5. The number of halogens is 4. The Hall–Kier alpha value is -4.52. The maximum absolute atomic E-state index is 14.7. The van der Waals surface area contributed by atoms with E-state index in [4.69, 9.17) is 9.47 Å². The fraction of sp³-hybridized carbons (Fsp3) is 0.344. The number of benzene rings is 2. The number of methoxy groups -OCH3 is 2. The standard InChI is InChI=1S/C32H31F4N5O5S/c1-19-16-20(8-11-24(19)33)29-28(38-26-6-5-7-27(46-4)41(26)29)31(42)40(13-12-39(2)14-15-45-3)25-18-47(43,44)30-21(25)9-10-23(22(30)17-37)32(34,35)36/h5-11,16,25H,12-15,18H2,1-4H3. The molecule has 1 amide bonds. The second kappa shape index (κ2) is 12.9. The van der Waals surface area contributed by atoms with Crippen LogP contribution < -0.4 is 4.74 Å². The van der Waals surface area contributed by atoms with E-state index >= 15 is 0 Å². The maximum Gasteiger partial charge on any atom is 0.417 e. The third-order valence-electron chi connectivity index (χ3n) is 8.14. The summed E-state index contributed by atoms with van der Waals surface area (Å²) in [6.45, 7) is 2.57. The summed E-state index contributed by atoms with van der Waals surface area (Å²) in [5.41, 5.74) is -1.33. The Bertz CT molecular complexity index is 2010. The molecule has 1 aliphatic rings. The number of hydrogen-bond acceptors (Lipinski definition) is 8. The van der Waals surface area contributed by atoms with E-state index in [1.54, 1.807) is 36.6 Å². The number of fused-ring (bicyclic) bond motifs is 2. The van der Waals surface area contributed by atoms with E-state index < -0.39 is 55.6 Å². The number of carbonyl (C=O) groups is 1. The van der Waals surface area contributed by atoms with Crippen molar-refractivity contribution in [1.29, 1.82) is 5.26 Å². The summed E-state index contributed by atoms with van der Waals surface area (Å²) >= 11 is 0. The average Bonchev–Trinajstić information content (AvgIpc) is 3.55. The average molecular weight is 674 g/mol. The van der Waals surface area contributed by atoms with E-state index in [1.807, 2.05) is 4.90 Å². The molecule has 47 heavy (non-hydrogen) atoms. The number of aromatic nitrogens is 2. The Morgan fingerprint density at radius 2 is 1.87 bits per heavy atom. The van der Waals surface area contributed by atoms with Gasteiger partial charge in [0.05, 0.1) is 47.2 Å². The lowest BCUT2D eigenvalue weighted by Gasteiger charge is -2.31. The number of ether oxygens (including phenoxy) is 2. The van der Waals surface area contributed by atoms with Crippen LogP contribution in [0, 0.1) is 24.1 Å². The summed E-state index contributed by atoms with van der Waals surface area (Å²) in [7, 11) is 0.293. The summed E-state index contributed by atoms with van der Waals surface area (Å²) in [5.74, 6) is -1.63. The highest BCUT2D eigenvalue weighted by Gasteiger charge is 2.46. The Morgan fingerprint density at radius 3 is 2.51 bits per heavy atom. The topological polar surface area (TPSA) is 117 Å². The number of imidazole rings is 1. The van der Waals surface area contributed by atoms with Gasteiger partial charge in [0, 0.05) is 32.3 Å². The Balaban J connectivity index is 1.72. The van der Waals surface area contributed by atoms with Gasteiger partial charge in [-0.2, -0.15) is 18.4 Å². The van der Waals surface area contributed by atoms with E-state index in [0.717, 1.165) is 6.07 Å². The highest BCUT2D eigenvalue weighted by molar-refractivity contribution is 7.91. The minimum atomic E-state index is -4.98. The summed E-state index contributed by atoms with van der Waals surface area (Å²) in [6, 6.07) is 11.1. The van der Waals surface area contributed by atoms with Gasteiger partial charge in [-0.05, 0) is 61.5 Å². The molecule has 1 unspecified atom stereocenters. The zero-order chi connectivity index (χ0) is 34.3. The van der Waals surface area contributed by atoms with Crippen LogP contribution in [0.5, 0.6) is 5.88 Å². The molecule has 15 heteroatoms. The summed E-state index contributed by atoms with van der Waals surface area (Å²) in [5, 5.41) is 9.72. The lowest BCUT2D eigenvalue weighted by atomic mass is 9.99. The largest absolute Gasteiger partial charge is 0.482 e. The SMILES string of the molecule is COCCN(C)CCN(C(=O)c1nc2cccc(OC)n2c1-c1ccc(F)c(C)c1)C1CS(=O)(=O)c2c1ccc(C(F)(F)F)c2C#N. The predicted octanol–water partition coefficient (Wildman–Crippen LogP) is 4.90. The summed E-state index contributed by atoms with van der Waals surface area (Å²) in [4.78, 5) is 21.7. The van der Waals surface area contributed by atoms with Crippen LogP contribution in [-0.2, 0) is 20.8 Å². The molecule has 0 saturated carbocycles. The van der Waals surface area contributed by atoms with E-state index in [9.17, 15) is 36.0 Å². The first-order chi connectivity index (χ1) is 22.2. The highest BCUT2D eigenvalue weighted by Crippen LogP contribution is 2.44. The van der Waals surface area contributed by atoms with Crippen LogP contribution in [0.3, 0.4) is 0 Å². The third-order valence-corrected chi connectivity index (χ3v) is 9.96. The lowest BCUT2D eigenvalue weighted by molar-refractivity contribution is -0.138. The van der Waals surface area contributed by atoms with Crippen LogP contribution in [0.4, 0.5) is 17.6 Å². The van der Waals surface area contributed by atoms with Crippen molar-refractivity contribution in [2.75, 3.05) is 53.3 Å². The molecule has 0 radical (unpaired) electrons.